The van der Waals surface area contributed by atoms with Gasteiger partial charge < -0.3 is 18.6 Å². The average molecular weight is 679 g/mol. The summed E-state index contributed by atoms with van der Waals surface area (Å²) in [5.41, 5.74) is 3.78. The largest absolute Gasteiger partial charge is 0.497 e. The first-order chi connectivity index (χ1) is 23.5. The van der Waals surface area contributed by atoms with E-state index < -0.39 is 13.9 Å². The summed E-state index contributed by atoms with van der Waals surface area (Å²) in [7, 11) is -0.317. The highest BCUT2D eigenvalue weighted by Gasteiger charge is 2.41. The Balaban J connectivity index is 1.53. The van der Waals surface area contributed by atoms with Crippen LogP contribution in [0, 0.1) is 5.92 Å². The predicted octanol–water partition coefficient (Wildman–Crippen LogP) is 11.4. The molecular weight excluding hydrogens is 621 g/mol. The summed E-state index contributed by atoms with van der Waals surface area (Å²) in [4.78, 5) is 0. The van der Waals surface area contributed by atoms with Gasteiger partial charge >= 0.3 is 0 Å². The van der Waals surface area contributed by atoms with Crippen LogP contribution < -0.4 is 4.74 Å². The molecule has 4 aromatic carbocycles. The smallest absolute Gasteiger partial charge is 0.192 e. The monoisotopic (exact) mass is 678 g/mol. The van der Waals surface area contributed by atoms with Crippen molar-refractivity contribution >= 4 is 8.32 Å². The van der Waals surface area contributed by atoms with Crippen LogP contribution in [0.4, 0.5) is 0 Å². The molecular formula is C44H58O4Si. The maximum absolute atomic E-state index is 7.09. The molecule has 5 heteroatoms. The minimum atomic E-state index is -2.01. The fraction of sp³-hybridized carbons (Fsp3) is 0.409. The highest BCUT2D eigenvalue weighted by molar-refractivity contribution is 6.74. The molecule has 0 fully saturated rings. The lowest BCUT2D eigenvalue weighted by molar-refractivity contribution is -0.0411. The molecule has 0 aliphatic rings. The third-order valence-electron chi connectivity index (χ3n) is 10.2. The first-order valence-electron chi connectivity index (χ1n) is 17.9. The molecule has 4 nitrogen and oxygen atoms in total. The van der Waals surface area contributed by atoms with E-state index in [0.717, 1.165) is 53.7 Å². The van der Waals surface area contributed by atoms with Crippen LogP contribution in [0.25, 0.3) is 0 Å². The van der Waals surface area contributed by atoms with E-state index in [9.17, 15) is 0 Å². The molecule has 0 N–H and O–H groups in total. The van der Waals surface area contributed by atoms with Crippen LogP contribution in [0.15, 0.2) is 128 Å². The van der Waals surface area contributed by atoms with E-state index in [1.54, 1.807) is 7.11 Å². The Morgan fingerprint density at radius 1 is 0.714 bits per heavy atom. The molecule has 4 aromatic rings. The van der Waals surface area contributed by atoms with Gasteiger partial charge in [-0.25, -0.2) is 0 Å². The number of ether oxygens (including phenoxy) is 3. The fourth-order valence-electron chi connectivity index (χ4n) is 6.19. The summed E-state index contributed by atoms with van der Waals surface area (Å²) < 4.78 is 26.3. The van der Waals surface area contributed by atoms with Crippen molar-refractivity contribution in [3.63, 3.8) is 0 Å². The van der Waals surface area contributed by atoms with E-state index in [-0.39, 0.29) is 23.2 Å². The quantitative estimate of drug-likeness (QED) is 0.0428. The van der Waals surface area contributed by atoms with Crippen LogP contribution in [0.1, 0.15) is 75.6 Å². The molecule has 0 aliphatic heterocycles. The van der Waals surface area contributed by atoms with Gasteiger partial charge in [-0.1, -0.05) is 137 Å². The van der Waals surface area contributed by atoms with Crippen molar-refractivity contribution in [1.82, 2.24) is 0 Å². The van der Waals surface area contributed by atoms with Crippen molar-refractivity contribution in [3.8, 4) is 5.75 Å². The van der Waals surface area contributed by atoms with Crippen molar-refractivity contribution < 1.29 is 18.6 Å². The van der Waals surface area contributed by atoms with Gasteiger partial charge in [-0.05, 0) is 78.2 Å². The minimum Gasteiger partial charge on any atom is -0.497 e. The second-order valence-corrected chi connectivity index (χ2v) is 19.4. The van der Waals surface area contributed by atoms with Crippen LogP contribution in [-0.4, -0.2) is 34.2 Å². The maximum Gasteiger partial charge on any atom is 0.192 e. The van der Waals surface area contributed by atoms with Gasteiger partial charge in [-0.15, -0.1) is 6.58 Å². The molecule has 0 saturated heterocycles. The maximum atomic E-state index is 7.09. The van der Waals surface area contributed by atoms with E-state index >= 15 is 0 Å². The molecule has 0 amide bonds. The Hall–Kier alpha value is -3.48. The summed E-state index contributed by atoms with van der Waals surface area (Å²) in [5.74, 6) is 1.03. The second kappa shape index (κ2) is 18.0. The van der Waals surface area contributed by atoms with E-state index in [1.807, 2.05) is 18.2 Å². The highest BCUT2D eigenvalue weighted by Crippen LogP contribution is 2.41. The number of methoxy groups -OCH3 is 1. The zero-order valence-electron chi connectivity index (χ0n) is 30.9. The van der Waals surface area contributed by atoms with Crippen LogP contribution in [-0.2, 0) is 26.1 Å². The molecule has 49 heavy (non-hydrogen) atoms. The Labute approximate surface area is 297 Å². The number of rotatable bonds is 19. The summed E-state index contributed by atoms with van der Waals surface area (Å²) in [6.07, 6.45) is 5.62. The molecule has 0 heterocycles. The van der Waals surface area contributed by atoms with E-state index in [0.29, 0.717) is 13.2 Å². The van der Waals surface area contributed by atoms with Gasteiger partial charge in [-0.3, -0.25) is 0 Å². The van der Waals surface area contributed by atoms with Crippen LogP contribution in [0.2, 0.25) is 18.1 Å². The number of unbranched alkanes of at least 4 members (excludes halogenated alkanes) is 1. The van der Waals surface area contributed by atoms with Crippen LogP contribution in [0.3, 0.4) is 0 Å². The molecule has 0 bridgehead atoms. The van der Waals surface area contributed by atoms with E-state index in [4.69, 9.17) is 18.6 Å². The molecule has 0 aromatic heterocycles. The van der Waals surface area contributed by atoms with E-state index in [2.05, 4.69) is 150 Å². The fourth-order valence-corrected chi connectivity index (χ4v) is 7.61. The van der Waals surface area contributed by atoms with Gasteiger partial charge in [0.2, 0.25) is 0 Å². The molecule has 0 aliphatic carbocycles. The van der Waals surface area contributed by atoms with Gasteiger partial charge in [0.25, 0.3) is 0 Å². The highest BCUT2D eigenvalue weighted by atomic mass is 28.4. The lowest BCUT2D eigenvalue weighted by Crippen LogP contribution is -2.47. The third-order valence-corrected chi connectivity index (χ3v) is 14.7. The van der Waals surface area contributed by atoms with Crippen molar-refractivity contribution in [1.29, 1.82) is 0 Å². The summed E-state index contributed by atoms with van der Waals surface area (Å²) in [6, 6.07) is 39.9. The Morgan fingerprint density at radius 3 is 1.67 bits per heavy atom. The molecule has 262 valence electrons. The summed E-state index contributed by atoms with van der Waals surface area (Å²) >= 11 is 0. The van der Waals surface area contributed by atoms with Crippen LogP contribution >= 0.6 is 0 Å². The zero-order chi connectivity index (χ0) is 35.3. The van der Waals surface area contributed by atoms with Gasteiger partial charge in [-0.2, -0.15) is 0 Å². The van der Waals surface area contributed by atoms with Crippen molar-refractivity contribution in [2.75, 3.05) is 13.7 Å². The summed E-state index contributed by atoms with van der Waals surface area (Å²) in [5, 5.41) is 0.117. The molecule has 4 rings (SSSR count). The lowest BCUT2D eigenvalue weighted by atomic mass is 9.80. The standard InChI is InChI=1S/C44H58O4Si/c1-9-21-42(48-49(7,8)43(3,4)5)35(2)41(46-34-36-29-31-40(45-6)32-30-36)28-19-20-33-47-44(37-22-13-10-14-23-37,38-24-15-11-16-25-38)39-26-17-12-18-27-39/h9-18,22-27,29-32,35,41-42H,1,19-21,28,33-34H2,2-8H3/t35-,41+,42-/m0/s1. The lowest BCUT2D eigenvalue weighted by Gasteiger charge is -2.42. The topological polar surface area (TPSA) is 36.9 Å². The molecule has 0 saturated carbocycles. The van der Waals surface area contributed by atoms with Crippen LogP contribution in [0.5, 0.6) is 5.75 Å². The van der Waals surface area contributed by atoms with Gasteiger partial charge in [0.15, 0.2) is 8.32 Å². The third kappa shape index (κ3) is 10.0. The summed E-state index contributed by atoms with van der Waals surface area (Å²) in [6.45, 7) is 19.1. The van der Waals surface area contributed by atoms with E-state index in [1.165, 1.54) is 0 Å². The average Bonchev–Trinajstić information content (AvgIpc) is 3.11. The van der Waals surface area contributed by atoms with Crippen molar-refractivity contribution in [2.45, 2.75) is 95.9 Å². The van der Waals surface area contributed by atoms with Gasteiger partial charge in [0.1, 0.15) is 11.4 Å². The van der Waals surface area contributed by atoms with Crippen molar-refractivity contribution in [3.05, 3.63) is 150 Å². The van der Waals surface area contributed by atoms with Gasteiger partial charge in [0, 0.05) is 12.5 Å². The number of hydrogen-bond donors (Lipinski definition) is 0. The second-order valence-electron chi connectivity index (χ2n) is 14.6. The molecule has 0 radical (unpaired) electrons. The normalized spacial score (nSPS) is 14.2. The van der Waals surface area contributed by atoms with Gasteiger partial charge in [0.05, 0.1) is 25.9 Å². The Bertz CT molecular complexity index is 1420. The number of benzene rings is 4. The Morgan fingerprint density at radius 2 is 1.22 bits per heavy atom. The minimum absolute atomic E-state index is 0.0129. The molecule has 0 unspecified atom stereocenters. The first-order valence-corrected chi connectivity index (χ1v) is 20.8. The van der Waals surface area contributed by atoms with Crippen molar-refractivity contribution in [2.24, 2.45) is 5.92 Å². The zero-order valence-corrected chi connectivity index (χ0v) is 31.9. The Kier molecular flexibility index (Phi) is 14.0. The predicted molar refractivity (Wildman–Crippen MR) is 207 cm³/mol. The molecule has 3 atom stereocenters. The number of hydrogen-bond acceptors (Lipinski definition) is 4. The SMILES string of the molecule is C=CC[C@H](O[Si](C)(C)C(C)(C)C)[C@@H](C)[C@@H](CCCCOC(c1ccccc1)(c1ccccc1)c1ccccc1)OCc1ccc(OC)cc1. The molecule has 0 spiro atoms. The first kappa shape index (κ1) is 38.3.